The average Bonchev–Trinajstić information content (AvgIpc) is 4.05. The minimum Gasteiger partial charge on any atom is -0.321 e. The van der Waals surface area contributed by atoms with E-state index in [1.807, 2.05) is 0 Å². The number of aromatic nitrogens is 2. The van der Waals surface area contributed by atoms with Crippen molar-refractivity contribution in [3.05, 3.63) is 155 Å². The maximum atomic E-state index is 7.93. The van der Waals surface area contributed by atoms with Gasteiger partial charge in [0.15, 0.2) is 0 Å². The fraction of sp³-hybridized carbons (Fsp3) is 0.296. The molecule has 2 N–H and O–H groups in total. The number of benzene rings is 6. The normalized spacial score (nSPS) is 19.8. The van der Waals surface area contributed by atoms with E-state index in [0.717, 1.165) is 66.0 Å². The molecule has 0 bridgehead atoms. The molecule has 0 saturated heterocycles. The summed E-state index contributed by atoms with van der Waals surface area (Å²) in [7, 11) is 0. The van der Waals surface area contributed by atoms with Crippen molar-refractivity contribution in [1.29, 1.82) is 0 Å². The third-order valence-electron chi connectivity index (χ3n) is 15.1. The van der Waals surface area contributed by atoms with Crippen LogP contribution in [0.2, 0.25) is 0 Å². The number of para-hydroxylation sites is 2. The van der Waals surface area contributed by atoms with Crippen molar-refractivity contribution in [1.82, 2.24) is 9.97 Å². The molecule has 294 valence electrons. The van der Waals surface area contributed by atoms with Crippen LogP contribution in [0.1, 0.15) is 118 Å². The molecule has 8 aromatic rings. The molecular weight excluding hydrogens is 755 g/mol. The van der Waals surface area contributed by atoms with E-state index < -0.39 is 5.54 Å². The van der Waals surface area contributed by atoms with Gasteiger partial charge in [-0.2, -0.15) is 0 Å². The van der Waals surface area contributed by atoms with Crippen molar-refractivity contribution >= 4 is 43.1 Å². The number of fused-ring (bicyclic) bond motifs is 8. The van der Waals surface area contributed by atoms with E-state index in [-0.39, 0.29) is 16.7 Å². The first kappa shape index (κ1) is 37.1. The quantitative estimate of drug-likeness (QED) is 0.166. The van der Waals surface area contributed by atoms with E-state index in [9.17, 15) is 0 Å². The van der Waals surface area contributed by atoms with Crippen molar-refractivity contribution in [3.8, 4) is 43.4 Å². The number of nitrogens with two attached hydrogens (primary N) is 1. The van der Waals surface area contributed by atoms with Crippen molar-refractivity contribution in [2.75, 3.05) is 0 Å². The van der Waals surface area contributed by atoms with E-state index in [4.69, 9.17) is 15.7 Å². The standard InChI is InChI=1S/C54H51N3S2/c1-5-52(6-2)42-29-33(20-24-37(42)38-25-21-34(30-43(38)52)50-56-46-16-9-11-18-48(46)58-50)41-15-13-14-28-54(41,55)36-23-27-40-39-26-22-35(51-57-47-17-10-12-19-49(47)59-51)31-44(39)53(7-3,8-4)45(40)32-36/h9-12,16-27,29-32,41H,5-8,13-15,28,55H2,1-4H3. The lowest BCUT2D eigenvalue weighted by Crippen LogP contribution is -2.45. The highest BCUT2D eigenvalue weighted by Crippen LogP contribution is 2.58. The van der Waals surface area contributed by atoms with Gasteiger partial charge in [0, 0.05) is 33.4 Å². The summed E-state index contributed by atoms with van der Waals surface area (Å²) in [5.41, 5.74) is 26.0. The van der Waals surface area contributed by atoms with Crippen LogP contribution in [-0.4, -0.2) is 9.97 Å². The molecule has 1 saturated carbocycles. The maximum Gasteiger partial charge on any atom is 0.124 e. The van der Waals surface area contributed by atoms with E-state index in [1.165, 1.54) is 82.6 Å². The van der Waals surface area contributed by atoms with Crippen LogP contribution in [0.15, 0.2) is 121 Å². The van der Waals surface area contributed by atoms with Crippen LogP contribution >= 0.6 is 22.7 Å². The summed E-state index contributed by atoms with van der Waals surface area (Å²) in [6.07, 6.45) is 8.64. The lowest BCUT2D eigenvalue weighted by atomic mass is 9.65. The van der Waals surface area contributed by atoms with Crippen LogP contribution in [0.5, 0.6) is 0 Å². The van der Waals surface area contributed by atoms with Gasteiger partial charge in [0.1, 0.15) is 10.0 Å². The second-order valence-electron chi connectivity index (χ2n) is 17.5. The van der Waals surface area contributed by atoms with Crippen molar-refractivity contribution in [2.24, 2.45) is 5.73 Å². The fourth-order valence-corrected chi connectivity index (χ4v) is 13.7. The molecule has 3 aliphatic carbocycles. The van der Waals surface area contributed by atoms with Crippen LogP contribution in [0.25, 0.3) is 63.8 Å². The SMILES string of the molecule is CCC1(CC)c2cc(-c3nc4ccccc4s3)ccc2-c2ccc(C3CCCCC3(N)c3ccc4c(c3)C(CC)(CC)c3cc(-c5nc6ccccc6s5)ccc3-4)cc21. The Morgan fingerprint density at radius 2 is 1.02 bits per heavy atom. The molecule has 1 fully saturated rings. The lowest BCUT2D eigenvalue weighted by molar-refractivity contribution is 0.254. The topological polar surface area (TPSA) is 51.8 Å². The van der Waals surface area contributed by atoms with E-state index >= 15 is 0 Å². The highest BCUT2D eigenvalue weighted by molar-refractivity contribution is 7.22. The van der Waals surface area contributed by atoms with Crippen LogP contribution in [0.3, 0.4) is 0 Å². The first-order valence-electron chi connectivity index (χ1n) is 21.9. The Balaban J connectivity index is 0.974. The molecule has 0 amide bonds. The summed E-state index contributed by atoms with van der Waals surface area (Å²) in [6, 6.07) is 46.0. The molecule has 0 spiro atoms. The molecule has 0 radical (unpaired) electrons. The minimum atomic E-state index is -0.456. The van der Waals surface area contributed by atoms with E-state index in [1.54, 1.807) is 22.7 Å². The van der Waals surface area contributed by atoms with Crippen molar-refractivity contribution < 1.29 is 0 Å². The summed E-state index contributed by atoms with van der Waals surface area (Å²) in [4.78, 5) is 10.1. The number of nitrogens with zero attached hydrogens (tertiary/aromatic N) is 2. The predicted octanol–water partition coefficient (Wildman–Crippen LogP) is 14.9. The molecule has 6 aromatic carbocycles. The molecular formula is C54H51N3S2. The van der Waals surface area contributed by atoms with Gasteiger partial charge in [-0.1, -0.05) is 125 Å². The van der Waals surface area contributed by atoms with Crippen LogP contribution in [-0.2, 0) is 16.4 Å². The number of rotatable bonds is 8. The number of thiazole rings is 2. The zero-order chi connectivity index (χ0) is 40.1. The molecule has 11 rings (SSSR count). The fourth-order valence-electron chi connectivity index (χ4n) is 11.8. The van der Waals surface area contributed by atoms with Crippen LogP contribution in [0, 0.1) is 0 Å². The summed E-state index contributed by atoms with van der Waals surface area (Å²) in [5, 5.41) is 2.20. The molecule has 2 atom stereocenters. The average molecular weight is 806 g/mol. The zero-order valence-corrected chi connectivity index (χ0v) is 36.2. The van der Waals surface area contributed by atoms with Gasteiger partial charge in [0.2, 0.25) is 0 Å². The second kappa shape index (κ2) is 13.8. The Morgan fingerprint density at radius 1 is 0.542 bits per heavy atom. The van der Waals surface area contributed by atoms with E-state index in [0.29, 0.717) is 0 Å². The van der Waals surface area contributed by atoms with Gasteiger partial charge in [-0.15, -0.1) is 22.7 Å². The molecule has 2 heterocycles. The lowest BCUT2D eigenvalue weighted by Gasteiger charge is -2.43. The Kier molecular flexibility index (Phi) is 8.68. The van der Waals surface area contributed by atoms with E-state index in [2.05, 4.69) is 149 Å². The smallest absolute Gasteiger partial charge is 0.124 e. The van der Waals surface area contributed by atoms with Gasteiger partial charge in [-0.25, -0.2) is 9.97 Å². The Hall–Kier alpha value is -4.94. The van der Waals surface area contributed by atoms with Crippen LogP contribution in [0.4, 0.5) is 0 Å². The van der Waals surface area contributed by atoms with Crippen molar-refractivity contribution in [3.63, 3.8) is 0 Å². The summed E-state index contributed by atoms with van der Waals surface area (Å²) >= 11 is 3.58. The molecule has 2 aromatic heterocycles. The first-order valence-corrected chi connectivity index (χ1v) is 23.6. The Labute approximate surface area is 356 Å². The largest absolute Gasteiger partial charge is 0.321 e. The first-order chi connectivity index (χ1) is 28.8. The summed E-state index contributed by atoms with van der Waals surface area (Å²) < 4.78 is 2.48. The molecule has 3 nitrogen and oxygen atoms in total. The third-order valence-corrected chi connectivity index (χ3v) is 17.3. The monoisotopic (exact) mass is 805 g/mol. The van der Waals surface area contributed by atoms with Gasteiger partial charge in [-0.05, 0) is 131 Å². The zero-order valence-electron chi connectivity index (χ0n) is 34.6. The highest BCUT2D eigenvalue weighted by atomic mass is 32.1. The molecule has 5 heteroatoms. The Morgan fingerprint density at radius 3 is 1.54 bits per heavy atom. The van der Waals surface area contributed by atoms with Crippen LogP contribution < -0.4 is 5.73 Å². The van der Waals surface area contributed by atoms with Gasteiger partial charge in [0.25, 0.3) is 0 Å². The minimum absolute atomic E-state index is 0.0509. The Bertz CT molecular complexity index is 2880. The number of hydrogen-bond donors (Lipinski definition) is 1. The molecule has 59 heavy (non-hydrogen) atoms. The highest BCUT2D eigenvalue weighted by Gasteiger charge is 2.46. The second-order valence-corrected chi connectivity index (χ2v) is 19.5. The molecule has 2 unspecified atom stereocenters. The number of hydrogen-bond acceptors (Lipinski definition) is 5. The van der Waals surface area contributed by atoms with Crippen molar-refractivity contribution in [2.45, 2.75) is 101 Å². The molecule has 3 aliphatic rings. The third kappa shape index (κ3) is 5.33. The predicted molar refractivity (Wildman–Crippen MR) is 251 cm³/mol. The maximum absolute atomic E-state index is 7.93. The summed E-state index contributed by atoms with van der Waals surface area (Å²) in [5.74, 6) is 0.236. The van der Waals surface area contributed by atoms with Gasteiger partial charge >= 0.3 is 0 Å². The summed E-state index contributed by atoms with van der Waals surface area (Å²) in [6.45, 7) is 9.51. The van der Waals surface area contributed by atoms with Gasteiger partial charge in [0.05, 0.1) is 20.4 Å². The molecule has 0 aliphatic heterocycles. The van der Waals surface area contributed by atoms with Gasteiger partial charge < -0.3 is 5.73 Å². The van der Waals surface area contributed by atoms with Gasteiger partial charge in [-0.3, -0.25) is 0 Å².